The molecule has 0 bridgehead atoms. The van der Waals surface area contributed by atoms with Crippen LogP contribution in [0.3, 0.4) is 0 Å². The highest BCUT2D eigenvalue weighted by atomic mass is 19.1. The first-order chi connectivity index (χ1) is 13.0. The van der Waals surface area contributed by atoms with Crippen LogP contribution in [0.4, 0.5) is 20.6 Å². The summed E-state index contributed by atoms with van der Waals surface area (Å²) in [5.74, 6) is 0.321. The lowest BCUT2D eigenvalue weighted by molar-refractivity contribution is -0.383. The van der Waals surface area contributed by atoms with E-state index in [0.717, 1.165) is 25.7 Å². The van der Waals surface area contributed by atoms with Gasteiger partial charge >= 0.3 is 6.03 Å². The zero-order chi connectivity index (χ0) is 19.2. The number of hydrogen-bond acceptors (Lipinski definition) is 4. The van der Waals surface area contributed by atoms with Crippen molar-refractivity contribution in [1.82, 2.24) is 5.32 Å². The van der Waals surface area contributed by atoms with Crippen molar-refractivity contribution in [2.24, 2.45) is 0 Å². The molecule has 1 aliphatic rings. The number of anilines is 1. The van der Waals surface area contributed by atoms with E-state index in [0.29, 0.717) is 5.75 Å². The third kappa shape index (κ3) is 5.16. The Morgan fingerprint density at radius 1 is 1.07 bits per heavy atom. The van der Waals surface area contributed by atoms with Crippen molar-refractivity contribution >= 4 is 17.4 Å². The minimum absolute atomic E-state index is 0.0202. The fourth-order valence-electron chi connectivity index (χ4n) is 3.11. The third-order valence-electron chi connectivity index (χ3n) is 4.47. The monoisotopic (exact) mass is 373 g/mol. The van der Waals surface area contributed by atoms with Gasteiger partial charge in [0.05, 0.1) is 11.0 Å². The summed E-state index contributed by atoms with van der Waals surface area (Å²) in [4.78, 5) is 22.6. The van der Waals surface area contributed by atoms with Crippen LogP contribution in [0.1, 0.15) is 25.7 Å². The van der Waals surface area contributed by atoms with E-state index >= 15 is 0 Å². The van der Waals surface area contributed by atoms with Crippen LogP contribution in [0.2, 0.25) is 0 Å². The summed E-state index contributed by atoms with van der Waals surface area (Å²) in [7, 11) is 0. The van der Waals surface area contributed by atoms with E-state index < -0.39 is 11.0 Å². The summed E-state index contributed by atoms with van der Waals surface area (Å²) in [6.45, 7) is 0. The average molecular weight is 373 g/mol. The fraction of sp³-hybridized carbons (Fsp3) is 0.316. The Bertz CT molecular complexity index is 805. The molecule has 0 atom stereocenters. The molecule has 0 unspecified atom stereocenters. The SMILES string of the molecule is O=C(Nc1ccccc1[N+](=O)[O-])N[C@H]1CC[C@@H](Oc2ccc(F)cc2)CC1. The van der Waals surface area contributed by atoms with Crippen LogP contribution in [0.5, 0.6) is 5.75 Å². The number of halogens is 1. The maximum absolute atomic E-state index is 12.9. The number of amides is 2. The minimum Gasteiger partial charge on any atom is -0.490 e. The number of nitro groups is 1. The first-order valence-corrected chi connectivity index (χ1v) is 8.74. The van der Waals surface area contributed by atoms with Gasteiger partial charge in [0.1, 0.15) is 17.3 Å². The van der Waals surface area contributed by atoms with Gasteiger partial charge < -0.3 is 15.4 Å². The van der Waals surface area contributed by atoms with E-state index in [1.807, 2.05) is 0 Å². The molecule has 2 amide bonds. The summed E-state index contributed by atoms with van der Waals surface area (Å²) < 4.78 is 18.8. The molecule has 142 valence electrons. The van der Waals surface area contributed by atoms with E-state index in [1.165, 1.54) is 24.3 Å². The van der Waals surface area contributed by atoms with Gasteiger partial charge in [0.25, 0.3) is 5.69 Å². The second-order valence-corrected chi connectivity index (χ2v) is 6.42. The van der Waals surface area contributed by atoms with Gasteiger partial charge in [-0.2, -0.15) is 0 Å². The van der Waals surface area contributed by atoms with Gasteiger partial charge in [0, 0.05) is 12.1 Å². The lowest BCUT2D eigenvalue weighted by Gasteiger charge is -2.29. The maximum atomic E-state index is 12.9. The van der Waals surface area contributed by atoms with Gasteiger partial charge in [-0.1, -0.05) is 12.1 Å². The predicted octanol–water partition coefficient (Wildman–Crippen LogP) is 4.25. The molecule has 8 heteroatoms. The van der Waals surface area contributed by atoms with Crippen molar-refractivity contribution in [1.29, 1.82) is 0 Å². The maximum Gasteiger partial charge on any atom is 0.319 e. The smallest absolute Gasteiger partial charge is 0.319 e. The Kier molecular flexibility index (Phi) is 5.85. The van der Waals surface area contributed by atoms with Crippen LogP contribution >= 0.6 is 0 Å². The largest absolute Gasteiger partial charge is 0.490 e. The molecular formula is C19H20FN3O4. The van der Waals surface area contributed by atoms with Crippen molar-refractivity contribution < 1.29 is 18.8 Å². The number of para-hydroxylation sites is 2. The van der Waals surface area contributed by atoms with Gasteiger partial charge in [-0.05, 0) is 56.0 Å². The molecule has 1 fully saturated rings. The molecule has 7 nitrogen and oxygen atoms in total. The molecular weight excluding hydrogens is 353 g/mol. The number of nitrogens with one attached hydrogen (secondary N) is 2. The zero-order valence-electron chi connectivity index (χ0n) is 14.6. The summed E-state index contributed by atoms with van der Waals surface area (Å²) in [6, 6.07) is 11.4. The van der Waals surface area contributed by atoms with Crippen LogP contribution in [0, 0.1) is 15.9 Å². The molecule has 0 saturated heterocycles. The van der Waals surface area contributed by atoms with Gasteiger partial charge in [-0.25, -0.2) is 9.18 Å². The van der Waals surface area contributed by atoms with Crippen LogP contribution in [0.15, 0.2) is 48.5 Å². The van der Waals surface area contributed by atoms with Crippen molar-refractivity contribution in [3.8, 4) is 5.75 Å². The van der Waals surface area contributed by atoms with Crippen LogP contribution in [-0.2, 0) is 0 Å². The summed E-state index contributed by atoms with van der Waals surface area (Å²) >= 11 is 0. The highest BCUT2D eigenvalue weighted by molar-refractivity contribution is 5.91. The first-order valence-electron chi connectivity index (χ1n) is 8.74. The van der Waals surface area contributed by atoms with Crippen molar-refractivity contribution in [3.05, 3.63) is 64.5 Å². The normalized spacial score (nSPS) is 19.1. The quantitative estimate of drug-likeness (QED) is 0.605. The molecule has 0 aromatic heterocycles. The third-order valence-corrected chi connectivity index (χ3v) is 4.47. The number of hydrogen-bond donors (Lipinski definition) is 2. The van der Waals surface area contributed by atoms with E-state index in [1.54, 1.807) is 24.3 Å². The Hall–Kier alpha value is -3.16. The van der Waals surface area contributed by atoms with E-state index in [2.05, 4.69) is 10.6 Å². The Morgan fingerprint density at radius 2 is 1.74 bits per heavy atom. The molecule has 3 rings (SSSR count). The number of rotatable bonds is 5. The lowest BCUT2D eigenvalue weighted by atomic mass is 9.93. The molecule has 2 aromatic rings. The van der Waals surface area contributed by atoms with Gasteiger partial charge in [-0.15, -0.1) is 0 Å². The Labute approximate surface area is 155 Å². The van der Waals surface area contributed by atoms with Crippen LogP contribution < -0.4 is 15.4 Å². The number of ether oxygens (including phenoxy) is 1. The topological polar surface area (TPSA) is 93.5 Å². The fourth-order valence-corrected chi connectivity index (χ4v) is 3.11. The van der Waals surface area contributed by atoms with Gasteiger partial charge in [0.2, 0.25) is 0 Å². The molecule has 2 aromatic carbocycles. The Balaban J connectivity index is 1.47. The molecule has 0 aliphatic heterocycles. The molecule has 0 radical (unpaired) electrons. The zero-order valence-corrected chi connectivity index (χ0v) is 14.6. The van der Waals surface area contributed by atoms with Crippen molar-refractivity contribution in [2.75, 3.05) is 5.32 Å². The number of nitrogens with zero attached hydrogens (tertiary/aromatic N) is 1. The van der Waals surface area contributed by atoms with Crippen molar-refractivity contribution in [2.45, 2.75) is 37.8 Å². The Morgan fingerprint density at radius 3 is 2.41 bits per heavy atom. The van der Waals surface area contributed by atoms with Crippen molar-refractivity contribution in [3.63, 3.8) is 0 Å². The van der Waals surface area contributed by atoms with E-state index in [-0.39, 0.29) is 29.3 Å². The van der Waals surface area contributed by atoms with E-state index in [4.69, 9.17) is 4.74 Å². The van der Waals surface area contributed by atoms with Gasteiger partial charge in [-0.3, -0.25) is 10.1 Å². The first kappa shape index (κ1) is 18.6. The molecule has 2 N–H and O–H groups in total. The van der Waals surface area contributed by atoms with Crippen LogP contribution in [0.25, 0.3) is 0 Å². The van der Waals surface area contributed by atoms with E-state index in [9.17, 15) is 19.3 Å². The molecule has 1 aliphatic carbocycles. The number of benzene rings is 2. The molecule has 0 spiro atoms. The summed E-state index contributed by atoms with van der Waals surface area (Å²) in [6.07, 6.45) is 3.00. The second kappa shape index (κ2) is 8.48. The average Bonchev–Trinajstić information content (AvgIpc) is 2.65. The molecule has 0 heterocycles. The highest BCUT2D eigenvalue weighted by Crippen LogP contribution is 2.25. The number of carbonyl (C=O) groups is 1. The molecule has 27 heavy (non-hydrogen) atoms. The summed E-state index contributed by atoms with van der Waals surface area (Å²) in [5.41, 5.74) is 0.0115. The second-order valence-electron chi connectivity index (χ2n) is 6.42. The standard InChI is InChI=1S/C19H20FN3O4/c20-13-5-9-15(10-6-13)27-16-11-7-14(8-12-16)21-19(24)22-17-3-1-2-4-18(17)23(25)26/h1-6,9-10,14,16H,7-8,11-12H2,(H2,21,22,24)/t14-,16+. The van der Waals surface area contributed by atoms with Gasteiger partial charge in [0.15, 0.2) is 0 Å². The van der Waals surface area contributed by atoms with Crippen LogP contribution in [-0.4, -0.2) is 23.1 Å². The number of urea groups is 1. The number of carbonyl (C=O) groups excluding carboxylic acids is 1. The predicted molar refractivity (Wildman–Crippen MR) is 98.3 cm³/mol. The highest BCUT2D eigenvalue weighted by Gasteiger charge is 2.24. The number of nitro benzene ring substituents is 1. The molecule has 1 saturated carbocycles. The summed E-state index contributed by atoms with van der Waals surface area (Å²) in [5, 5.41) is 16.4. The minimum atomic E-state index is -0.534. The lowest BCUT2D eigenvalue weighted by Crippen LogP contribution is -2.41.